The zero-order valence-electron chi connectivity index (χ0n) is 10.9. The van der Waals surface area contributed by atoms with E-state index < -0.39 is 21.6 Å². The van der Waals surface area contributed by atoms with E-state index in [4.69, 9.17) is 0 Å². The van der Waals surface area contributed by atoms with E-state index in [0.717, 1.165) is 18.2 Å². The molecule has 0 aliphatic heterocycles. The minimum atomic E-state index is -4.58. The van der Waals surface area contributed by atoms with Crippen molar-refractivity contribution in [3.05, 3.63) is 29.8 Å². The highest BCUT2D eigenvalue weighted by Gasteiger charge is 2.31. The summed E-state index contributed by atoms with van der Waals surface area (Å²) in [5.74, 6) is -0.399. The summed E-state index contributed by atoms with van der Waals surface area (Å²) in [6, 6.07) is 3.63. The summed E-state index contributed by atoms with van der Waals surface area (Å²) in [4.78, 5) is 10.7. The van der Waals surface area contributed by atoms with Gasteiger partial charge in [0, 0.05) is 12.8 Å². The number of carbonyl (C=O) groups is 1. The van der Waals surface area contributed by atoms with E-state index in [1.807, 2.05) is 0 Å². The number of Topliss-reactive ketones (excluding diaryl/α,β-unsaturated/α-hetero) is 1. The molecule has 7 heteroatoms. The van der Waals surface area contributed by atoms with E-state index >= 15 is 0 Å². The van der Waals surface area contributed by atoms with Crippen LogP contribution in [0.4, 0.5) is 13.2 Å². The van der Waals surface area contributed by atoms with Crippen LogP contribution in [-0.4, -0.2) is 20.0 Å². The van der Waals surface area contributed by atoms with E-state index in [-0.39, 0.29) is 29.3 Å². The van der Waals surface area contributed by atoms with Crippen molar-refractivity contribution in [3.8, 4) is 0 Å². The largest absolute Gasteiger partial charge is 0.416 e. The van der Waals surface area contributed by atoms with Gasteiger partial charge in [0.25, 0.3) is 0 Å². The SMILES string of the molecule is CCC(=O)CCCS(=O)(=O)c1cccc(C(F)(F)F)c1. The van der Waals surface area contributed by atoms with E-state index in [2.05, 4.69) is 0 Å². The topological polar surface area (TPSA) is 51.2 Å². The maximum Gasteiger partial charge on any atom is 0.416 e. The maximum atomic E-state index is 12.5. The second kappa shape index (κ2) is 6.39. The summed E-state index contributed by atoms with van der Waals surface area (Å²) in [6.07, 6.45) is -4.02. The standard InChI is InChI=1S/C13H15F3O3S/c1-2-11(17)6-4-8-20(18,19)12-7-3-5-10(9-12)13(14,15)16/h3,5,7,9H,2,4,6,8H2,1H3. The van der Waals surface area contributed by atoms with Crippen molar-refractivity contribution >= 4 is 15.6 Å². The number of ketones is 1. The average molecular weight is 308 g/mol. The first-order valence-electron chi connectivity index (χ1n) is 6.08. The quantitative estimate of drug-likeness (QED) is 0.810. The number of carbonyl (C=O) groups excluding carboxylic acids is 1. The van der Waals surface area contributed by atoms with Crippen LogP contribution in [0.15, 0.2) is 29.2 Å². The first-order valence-corrected chi connectivity index (χ1v) is 7.74. The molecular formula is C13H15F3O3S. The van der Waals surface area contributed by atoms with Crippen molar-refractivity contribution < 1.29 is 26.4 Å². The van der Waals surface area contributed by atoms with Crippen LogP contribution < -0.4 is 0 Å². The highest BCUT2D eigenvalue weighted by atomic mass is 32.2. The van der Waals surface area contributed by atoms with Crippen molar-refractivity contribution in [2.75, 3.05) is 5.75 Å². The van der Waals surface area contributed by atoms with Gasteiger partial charge in [0.2, 0.25) is 0 Å². The van der Waals surface area contributed by atoms with Crippen molar-refractivity contribution in [2.24, 2.45) is 0 Å². The van der Waals surface area contributed by atoms with Gasteiger partial charge in [-0.25, -0.2) is 8.42 Å². The summed E-state index contributed by atoms with van der Waals surface area (Å²) < 4.78 is 61.4. The smallest absolute Gasteiger partial charge is 0.300 e. The van der Waals surface area contributed by atoms with Gasteiger partial charge in [0.1, 0.15) is 5.78 Å². The van der Waals surface area contributed by atoms with E-state index in [1.54, 1.807) is 6.92 Å². The van der Waals surface area contributed by atoms with E-state index in [9.17, 15) is 26.4 Å². The Bertz CT molecular complexity index is 577. The Kier molecular flexibility index (Phi) is 5.33. The van der Waals surface area contributed by atoms with Crippen LogP contribution in [0.25, 0.3) is 0 Å². The molecule has 0 radical (unpaired) electrons. The minimum absolute atomic E-state index is 0.0655. The second-order valence-electron chi connectivity index (χ2n) is 4.34. The summed E-state index contributed by atoms with van der Waals surface area (Å²) in [6.45, 7) is 1.67. The van der Waals surface area contributed by atoms with Gasteiger partial charge in [-0.3, -0.25) is 4.79 Å². The summed E-state index contributed by atoms with van der Waals surface area (Å²) in [5, 5.41) is 0. The van der Waals surface area contributed by atoms with Crippen LogP contribution in [0.2, 0.25) is 0 Å². The Hall–Kier alpha value is -1.37. The van der Waals surface area contributed by atoms with Gasteiger partial charge in [-0.2, -0.15) is 13.2 Å². The predicted molar refractivity (Wildman–Crippen MR) is 68.0 cm³/mol. The lowest BCUT2D eigenvalue weighted by Crippen LogP contribution is -2.11. The molecule has 0 saturated heterocycles. The third-order valence-electron chi connectivity index (χ3n) is 2.78. The van der Waals surface area contributed by atoms with Crippen molar-refractivity contribution in [2.45, 2.75) is 37.3 Å². The molecule has 1 rings (SSSR count). The molecule has 112 valence electrons. The fourth-order valence-electron chi connectivity index (χ4n) is 1.62. The van der Waals surface area contributed by atoms with Gasteiger partial charge in [0.15, 0.2) is 9.84 Å². The normalized spacial score (nSPS) is 12.4. The Morgan fingerprint density at radius 1 is 1.25 bits per heavy atom. The molecule has 0 saturated carbocycles. The van der Waals surface area contributed by atoms with Gasteiger partial charge in [0.05, 0.1) is 16.2 Å². The van der Waals surface area contributed by atoms with Crippen molar-refractivity contribution in [1.29, 1.82) is 0 Å². The number of alkyl halides is 3. The predicted octanol–water partition coefficient (Wildman–Crippen LogP) is 3.24. The molecule has 0 fully saturated rings. The molecular weight excluding hydrogens is 293 g/mol. The van der Waals surface area contributed by atoms with Gasteiger partial charge >= 0.3 is 6.18 Å². The Morgan fingerprint density at radius 3 is 2.45 bits per heavy atom. The maximum absolute atomic E-state index is 12.5. The molecule has 3 nitrogen and oxygen atoms in total. The lowest BCUT2D eigenvalue weighted by atomic mass is 10.2. The highest BCUT2D eigenvalue weighted by Crippen LogP contribution is 2.30. The van der Waals surface area contributed by atoms with Crippen LogP contribution in [0.5, 0.6) is 0 Å². The number of sulfone groups is 1. The molecule has 0 atom stereocenters. The minimum Gasteiger partial charge on any atom is -0.300 e. The van der Waals surface area contributed by atoms with Crippen LogP contribution >= 0.6 is 0 Å². The molecule has 0 heterocycles. The van der Waals surface area contributed by atoms with Gasteiger partial charge < -0.3 is 0 Å². The first kappa shape index (κ1) is 16.7. The molecule has 0 unspecified atom stereocenters. The molecule has 0 aliphatic carbocycles. The van der Waals surface area contributed by atoms with Crippen molar-refractivity contribution in [1.82, 2.24) is 0 Å². The molecule has 0 bridgehead atoms. The lowest BCUT2D eigenvalue weighted by Gasteiger charge is -2.09. The van der Waals surface area contributed by atoms with Crippen LogP contribution in [-0.2, 0) is 20.8 Å². The molecule has 20 heavy (non-hydrogen) atoms. The Labute approximate surface area is 115 Å². The second-order valence-corrected chi connectivity index (χ2v) is 6.45. The summed E-state index contributed by atoms with van der Waals surface area (Å²) in [7, 11) is -3.80. The van der Waals surface area contributed by atoms with Gasteiger partial charge in [-0.15, -0.1) is 0 Å². The number of hydrogen-bond donors (Lipinski definition) is 0. The van der Waals surface area contributed by atoms with Gasteiger partial charge in [-0.05, 0) is 24.6 Å². The monoisotopic (exact) mass is 308 g/mol. The van der Waals surface area contributed by atoms with Crippen LogP contribution in [0.1, 0.15) is 31.7 Å². The zero-order chi connectivity index (χ0) is 15.4. The average Bonchev–Trinajstić information content (AvgIpc) is 2.37. The third kappa shape index (κ3) is 4.63. The fourth-order valence-corrected chi connectivity index (χ4v) is 2.97. The fraction of sp³-hybridized carbons (Fsp3) is 0.462. The number of benzene rings is 1. The summed E-state index contributed by atoms with van der Waals surface area (Å²) in [5.41, 5.74) is -0.997. The highest BCUT2D eigenvalue weighted by molar-refractivity contribution is 7.91. The molecule has 0 amide bonds. The number of hydrogen-bond acceptors (Lipinski definition) is 3. The van der Waals surface area contributed by atoms with Crippen LogP contribution in [0.3, 0.4) is 0 Å². The zero-order valence-corrected chi connectivity index (χ0v) is 11.7. The van der Waals surface area contributed by atoms with E-state index in [1.165, 1.54) is 0 Å². The van der Waals surface area contributed by atoms with Crippen LogP contribution in [0, 0.1) is 0 Å². The lowest BCUT2D eigenvalue weighted by molar-refractivity contribution is -0.137. The molecule has 1 aromatic carbocycles. The number of rotatable bonds is 6. The van der Waals surface area contributed by atoms with Crippen molar-refractivity contribution in [3.63, 3.8) is 0 Å². The molecule has 0 spiro atoms. The number of halogens is 3. The third-order valence-corrected chi connectivity index (χ3v) is 4.58. The van der Waals surface area contributed by atoms with E-state index in [0.29, 0.717) is 12.5 Å². The molecule has 0 aromatic heterocycles. The Balaban J connectivity index is 2.85. The first-order chi connectivity index (χ1) is 9.16. The molecule has 1 aromatic rings. The molecule has 0 N–H and O–H groups in total. The summed E-state index contributed by atoms with van der Waals surface area (Å²) >= 11 is 0. The molecule has 0 aliphatic rings. The van der Waals surface area contributed by atoms with Gasteiger partial charge in [-0.1, -0.05) is 13.0 Å². The Morgan fingerprint density at radius 2 is 1.90 bits per heavy atom.